The van der Waals surface area contributed by atoms with Crippen molar-refractivity contribution in [2.45, 2.75) is 26.1 Å². The van der Waals surface area contributed by atoms with Gasteiger partial charge in [0.05, 0.1) is 11.6 Å². The topological polar surface area (TPSA) is 38.0 Å². The van der Waals surface area contributed by atoms with E-state index in [0.29, 0.717) is 5.56 Å². The van der Waals surface area contributed by atoms with E-state index in [4.69, 9.17) is 5.84 Å². The van der Waals surface area contributed by atoms with E-state index in [-0.39, 0.29) is 6.04 Å². The van der Waals surface area contributed by atoms with E-state index in [9.17, 15) is 13.2 Å². The molecule has 0 amide bonds. The second kappa shape index (κ2) is 5.87. The van der Waals surface area contributed by atoms with Gasteiger partial charge in [0.1, 0.15) is 0 Å². The quantitative estimate of drug-likeness (QED) is 0.666. The van der Waals surface area contributed by atoms with Crippen LogP contribution in [0.4, 0.5) is 13.2 Å². The lowest BCUT2D eigenvalue weighted by Crippen LogP contribution is -2.29. The van der Waals surface area contributed by atoms with Crippen molar-refractivity contribution in [3.63, 3.8) is 0 Å². The summed E-state index contributed by atoms with van der Waals surface area (Å²) in [6.45, 7) is 3.94. The van der Waals surface area contributed by atoms with Crippen molar-refractivity contribution >= 4 is 0 Å². The number of halogens is 3. The Hall–Kier alpha value is -1.85. The first-order chi connectivity index (χ1) is 9.81. The molecule has 0 aliphatic carbocycles. The molecule has 0 spiro atoms. The maximum absolute atomic E-state index is 12.6. The molecule has 0 aromatic heterocycles. The second-order valence-electron chi connectivity index (χ2n) is 5.14. The van der Waals surface area contributed by atoms with Gasteiger partial charge < -0.3 is 0 Å². The number of hydrazine groups is 1. The number of alkyl halides is 3. The average molecular weight is 294 g/mol. The SMILES string of the molecule is Cc1cc(C)cc(C(NN)c2ccc(C(F)(F)F)cc2)c1. The van der Waals surface area contributed by atoms with Crippen molar-refractivity contribution in [1.82, 2.24) is 5.43 Å². The molecule has 1 unspecified atom stereocenters. The van der Waals surface area contributed by atoms with E-state index >= 15 is 0 Å². The van der Waals surface area contributed by atoms with E-state index < -0.39 is 11.7 Å². The number of rotatable bonds is 3. The van der Waals surface area contributed by atoms with Crippen LogP contribution in [0, 0.1) is 13.8 Å². The Morgan fingerprint density at radius 2 is 1.43 bits per heavy atom. The predicted molar refractivity (Wildman–Crippen MR) is 76.5 cm³/mol. The van der Waals surface area contributed by atoms with Gasteiger partial charge in [-0.25, -0.2) is 5.43 Å². The lowest BCUT2D eigenvalue weighted by atomic mass is 9.95. The summed E-state index contributed by atoms with van der Waals surface area (Å²) in [5, 5.41) is 0. The monoisotopic (exact) mass is 294 g/mol. The van der Waals surface area contributed by atoms with Crippen molar-refractivity contribution in [2.75, 3.05) is 0 Å². The van der Waals surface area contributed by atoms with Gasteiger partial charge in [0.15, 0.2) is 0 Å². The van der Waals surface area contributed by atoms with Crippen LogP contribution in [-0.4, -0.2) is 0 Å². The first-order valence-electron chi connectivity index (χ1n) is 6.53. The number of benzene rings is 2. The van der Waals surface area contributed by atoms with Crippen LogP contribution in [0.15, 0.2) is 42.5 Å². The molecule has 0 aliphatic rings. The fraction of sp³-hybridized carbons (Fsp3) is 0.250. The highest BCUT2D eigenvalue weighted by atomic mass is 19.4. The summed E-state index contributed by atoms with van der Waals surface area (Å²) in [5.74, 6) is 5.59. The van der Waals surface area contributed by atoms with Gasteiger partial charge in [-0.3, -0.25) is 5.84 Å². The van der Waals surface area contributed by atoms with Crippen LogP contribution in [0.5, 0.6) is 0 Å². The molecule has 2 aromatic rings. The molecule has 0 radical (unpaired) electrons. The second-order valence-corrected chi connectivity index (χ2v) is 5.14. The number of hydrogen-bond donors (Lipinski definition) is 2. The van der Waals surface area contributed by atoms with Crippen molar-refractivity contribution in [2.24, 2.45) is 5.84 Å². The van der Waals surface area contributed by atoms with Crippen LogP contribution in [0.2, 0.25) is 0 Å². The van der Waals surface area contributed by atoms with E-state index in [1.165, 1.54) is 12.1 Å². The molecule has 0 saturated carbocycles. The molecular weight excluding hydrogens is 277 g/mol. The zero-order chi connectivity index (χ0) is 15.6. The Balaban J connectivity index is 2.37. The summed E-state index contributed by atoms with van der Waals surface area (Å²) in [6.07, 6.45) is -4.33. The van der Waals surface area contributed by atoms with Gasteiger partial charge in [0.25, 0.3) is 0 Å². The number of nitrogens with two attached hydrogens (primary N) is 1. The molecule has 0 bridgehead atoms. The fourth-order valence-electron chi connectivity index (χ4n) is 2.43. The molecule has 1 atom stereocenters. The van der Waals surface area contributed by atoms with Crippen LogP contribution >= 0.6 is 0 Å². The minimum atomic E-state index is -4.33. The van der Waals surface area contributed by atoms with Crippen LogP contribution in [0.25, 0.3) is 0 Å². The first-order valence-corrected chi connectivity index (χ1v) is 6.53. The molecule has 0 fully saturated rings. The van der Waals surface area contributed by atoms with E-state index in [1.54, 1.807) is 0 Å². The fourth-order valence-corrected chi connectivity index (χ4v) is 2.43. The molecule has 3 N–H and O–H groups in total. The number of aryl methyl sites for hydroxylation is 2. The lowest BCUT2D eigenvalue weighted by molar-refractivity contribution is -0.137. The van der Waals surface area contributed by atoms with E-state index in [0.717, 1.165) is 28.8 Å². The highest BCUT2D eigenvalue weighted by molar-refractivity contribution is 5.38. The molecule has 0 aliphatic heterocycles. The summed E-state index contributed by atoms with van der Waals surface area (Å²) in [5.41, 5.74) is 5.78. The van der Waals surface area contributed by atoms with Gasteiger partial charge in [0, 0.05) is 0 Å². The smallest absolute Gasteiger partial charge is 0.271 e. The van der Waals surface area contributed by atoms with Gasteiger partial charge >= 0.3 is 6.18 Å². The van der Waals surface area contributed by atoms with Crippen LogP contribution < -0.4 is 11.3 Å². The molecule has 2 nitrogen and oxygen atoms in total. The molecule has 0 heterocycles. The average Bonchev–Trinajstić information content (AvgIpc) is 2.38. The Morgan fingerprint density at radius 1 is 0.905 bits per heavy atom. The third-order valence-electron chi connectivity index (χ3n) is 3.32. The van der Waals surface area contributed by atoms with Gasteiger partial charge in [0.2, 0.25) is 0 Å². The molecule has 112 valence electrons. The molecule has 2 rings (SSSR count). The summed E-state index contributed by atoms with van der Waals surface area (Å²) in [6, 6.07) is 10.7. The van der Waals surface area contributed by atoms with E-state index in [1.807, 2.05) is 32.0 Å². The summed E-state index contributed by atoms with van der Waals surface area (Å²) >= 11 is 0. The minimum Gasteiger partial charge on any atom is -0.271 e. The Kier molecular flexibility index (Phi) is 4.34. The van der Waals surface area contributed by atoms with Crippen molar-refractivity contribution in [3.05, 3.63) is 70.3 Å². The highest BCUT2D eigenvalue weighted by Gasteiger charge is 2.30. The van der Waals surface area contributed by atoms with Crippen molar-refractivity contribution in [1.29, 1.82) is 0 Å². The Morgan fingerprint density at radius 3 is 1.86 bits per heavy atom. The zero-order valence-corrected chi connectivity index (χ0v) is 11.8. The zero-order valence-electron chi connectivity index (χ0n) is 11.8. The Bertz CT molecular complexity index is 598. The number of hydrogen-bond acceptors (Lipinski definition) is 2. The highest BCUT2D eigenvalue weighted by Crippen LogP contribution is 2.31. The van der Waals surface area contributed by atoms with Crippen LogP contribution in [0.3, 0.4) is 0 Å². The van der Waals surface area contributed by atoms with Gasteiger partial charge in [-0.1, -0.05) is 41.5 Å². The van der Waals surface area contributed by atoms with Crippen molar-refractivity contribution < 1.29 is 13.2 Å². The largest absolute Gasteiger partial charge is 0.416 e. The maximum atomic E-state index is 12.6. The first kappa shape index (κ1) is 15.5. The standard InChI is InChI=1S/C16H17F3N2/c1-10-7-11(2)9-13(8-10)15(21-20)12-3-5-14(6-4-12)16(17,18)19/h3-9,15,21H,20H2,1-2H3. The molecule has 5 heteroatoms. The third-order valence-corrected chi connectivity index (χ3v) is 3.32. The van der Waals surface area contributed by atoms with Gasteiger partial charge in [-0.2, -0.15) is 13.2 Å². The van der Waals surface area contributed by atoms with Crippen LogP contribution in [0.1, 0.15) is 33.9 Å². The molecule has 21 heavy (non-hydrogen) atoms. The summed E-state index contributed by atoms with van der Waals surface area (Å²) in [4.78, 5) is 0. The van der Waals surface area contributed by atoms with E-state index in [2.05, 4.69) is 5.43 Å². The Labute approximate surface area is 121 Å². The van der Waals surface area contributed by atoms with Crippen molar-refractivity contribution in [3.8, 4) is 0 Å². The molecule has 0 saturated heterocycles. The molecular formula is C16H17F3N2. The van der Waals surface area contributed by atoms with Gasteiger partial charge in [-0.15, -0.1) is 0 Å². The normalized spacial score (nSPS) is 13.2. The van der Waals surface area contributed by atoms with Gasteiger partial charge in [-0.05, 0) is 37.1 Å². The number of nitrogens with one attached hydrogen (secondary N) is 1. The minimum absolute atomic E-state index is 0.342. The third kappa shape index (κ3) is 3.62. The maximum Gasteiger partial charge on any atom is 0.416 e. The summed E-state index contributed by atoms with van der Waals surface area (Å²) in [7, 11) is 0. The van der Waals surface area contributed by atoms with Crippen LogP contribution in [-0.2, 0) is 6.18 Å². The predicted octanol–water partition coefficient (Wildman–Crippen LogP) is 3.87. The summed E-state index contributed by atoms with van der Waals surface area (Å²) < 4.78 is 37.8. The lowest BCUT2D eigenvalue weighted by Gasteiger charge is -2.19. The molecule has 2 aromatic carbocycles.